The van der Waals surface area contributed by atoms with Crippen LogP contribution in [-0.2, 0) is 4.79 Å². The van der Waals surface area contributed by atoms with Crippen molar-refractivity contribution in [3.8, 4) is 22.7 Å². The van der Waals surface area contributed by atoms with E-state index in [0.29, 0.717) is 33.1 Å². The summed E-state index contributed by atoms with van der Waals surface area (Å²) in [5, 5.41) is 5.43. The maximum atomic E-state index is 13.4. The van der Waals surface area contributed by atoms with Crippen molar-refractivity contribution in [3.63, 3.8) is 0 Å². The molecule has 0 atom stereocenters. The molecule has 8 heteroatoms. The van der Waals surface area contributed by atoms with Crippen LogP contribution in [0.1, 0.15) is 90.0 Å². The molecule has 1 fully saturated rings. The summed E-state index contributed by atoms with van der Waals surface area (Å²) in [7, 11) is 0. The fourth-order valence-corrected chi connectivity index (χ4v) is 6.53. The van der Waals surface area contributed by atoms with Gasteiger partial charge in [0, 0.05) is 23.9 Å². The second kappa shape index (κ2) is 16.9. The summed E-state index contributed by atoms with van der Waals surface area (Å²) in [6.07, 6.45) is 17.4. The smallest absolute Gasteiger partial charge is 0.266 e. The zero-order chi connectivity index (χ0) is 29.7. The quantitative estimate of drug-likeness (QED) is 0.0850. The van der Waals surface area contributed by atoms with Crippen molar-refractivity contribution in [3.05, 3.63) is 70.2 Å². The number of hydrogen-bond acceptors (Lipinski definition) is 5. The summed E-state index contributed by atoms with van der Waals surface area (Å²) in [4.78, 5) is 15.8. The molecule has 0 saturated carbocycles. The Kier molecular flexibility index (Phi) is 13.0. The number of carbonyl (C=O) groups excluding carboxylic acids is 1. The summed E-state index contributed by atoms with van der Waals surface area (Å²) in [6.45, 7) is 5.59. The Morgan fingerprint density at radius 2 is 1.62 bits per heavy atom. The Balaban J connectivity index is 1.45. The van der Waals surface area contributed by atoms with Crippen molar-refractivity contribution in [2.24, 2.45) is 0 Å². The van der Waals surface area contributed by atoms with E-state index in [1.54, 1.807) is 4.90 Å². The number of benzene rings is 2. The number of halogens is 1. The number of carbonyl (C=O) groups is 1. The normalized spacial score (nSPS) is 14.4. The van der Waals surface area contributed by atoms with E-state index in [9.17, 15) is 4.79 Å². The highest BCUT2D eigenvalue weighted by Crippen LogP contribution is 2.37. The second-order valence-corrected chi connectivity index (χ2v) is 12.8. The van der Waals surface area contributed by atoms with Gasteiger partial charge >= 0.3 is 0 Å². The SMILES string of the molecule is CCCCCCCCCCCCN1C(=O)C(=Cc2cn(-c3ccccc3)nc2-c2ccc(OCCC)c(Cl)c2)SC1=S. The lowest BCUT2D eigenvalue weighted by Crippen LogP contribution is -2.29. The first kappa shape index (κ1) is 32.3. The first-order chi connectivity index (χ1) is 20.5. The molecular weight excluding hydrogens is 582 g/mol. The minimum absolute atomic E-state index is 0.0271. The number of amides is 1. The lowest BCUT2D eigenvalue weighted by molar-refractivity contribution is -0.122. The average molecular weight is 624 g/mol. The van der Waals surface area contributed by atoms with Gasteiger partial charge in [-0.1, -0.05) is 125 Å². The predicted octanol–water partition coefficient (Wildman–Crippen LogP) is 10.1. The third kappa shape index (κ3) is 8.95. The molecule has 1 aliphatic rings. The summed E-state index contributed by atoms with van der Waals surface area (Å²) in [6, 6.07) is 15.6. The number of aromatic nitrogens is 2. The van der Waals surface area contributed by atoms with E-state index in [1.165, 1.54) is 63.1 Å². The Labute approximate surface area is 265 Å². The van der Waals surface area contributed by atoms with Crippen molar-refractivity contribution < 1.29 is 9.53 Å². The third-order valence-corrected chi connectivity index (χ3v) is 9.00. The fourth-order valence-electron chi connectivity index (χ4n) is 5.00. The number of rotatable bonds is 17. The molecule has 0 unspecified atom stereocenters. The zero-order valence-electron chi connectivity index (χ0n) is 24.8. The lowest BCUT2D eigenvalue weighted by Gasteiger charge is -2.14. The van der Waals surface area contributed by atoms with Crippen LogP contribution in [0.25, 0.3) is 23.0 Å². The highest BCUT2D eigenvalue weighted by molar-refractivity contribution is 8.26. The molecule has 0 radical (unpaired) electrons. The maximum absolute atomic E-state index is 13.4. The van der Waals surface area contributed by atoms with Gasteiger partial charge in [-0.15, -0.1) is 0 Å². The molecule has 1 aliphatic heterocycles. The van der Waals surface area contributed by atoms with Gasteiger partial charge in [-0.25, -0.2) is 4.68 Å². The van der Waals surface area contributed by atoms with Crippen molar-refractivity contribution in [2.45, 2.75) is 84.5 Å². The largest absolute Gasteiger partial charge is 0.492 e. The molecule has 224 valence electrons. The summed E-state index contributed by atoms with van der Waals surface area (Å²) < 4.78 is 8.23. The number of hydrogen-bond donors (Lipinski definition) is 0. The number of thioether (sulfide) groups is 1. The first-order valence-electron chi connectivity index (χ1n) is 15.3. The van der Waals surface area contributed by atoms with Gasteiger partial charge < -0.3 is 4.74 Å². The maximum Gasteiger partial charge on any atom is 0.266 e. The number of ether oxygens (including phenoxy) is 1. The second-order valence-electron chi connectivity index (χ2n) is 10.7. The summed E-state index contributed by atoms with van der Waals surface area (Å²) >= 11 is 13.6. The number of para-hydroxylation sites is 1. The molecule has 1 aromatic heterocycles. The number of unbranched alkanes of at least 4 members (excludes halogenated alkanes) is 9. The van der Waals surface area contributed by atoms with Crippen molar-refractivity contribution >= 4 is 51.9 Å². The van der Waals surface area contributed by atoms with Gasteiger partial charge in [-0.3, -0.25) is 9.69 Å². The number of nitrogens with zero attached hydrogens (tertiary/aromatic N) is 3. The van der Waals surface area contributed by atoms with E-state index >= 15 is 0 Å². The van der Waals surface area contributed by atoms with Gasteiger partial charge in [0.25, 0.3) is 5.91 Å². The molecule has 42 heavy (non-hydrogen) atoms. The van der Waals surface area contributed by atoms with Crippen LogP contribution in [0.15, 0.2) is 59.6 Å². The monoisotopic (exact) mass is 623 g/mol. The minimum Gasteiger partial charge on any atom is -0.492 e. The summed E-state index contributed by atoms with van der Waals surface area (Å²) in [5.74, 6) is 0.625. The summed E-state index contributed by atoms with van der Waals surface area (Å²) in [5.41, 5.74) is 3.35. The topological polar surface area (TPSA) is 47.4 Å². The predicted molar refractivity (Wildman–Crippen MR) is 182 cm³/mol. The van der Waals surface area contributed by atoms with Crippen molar-refractivity contribution in [1.29, 1.82) is 0 Å². The highest BCUT2D eigenvalue weighted by Gasteiger charge is 2.32. The van der Waals surface area contributed by atoms with Crippen LogP contribution in [0.5, 0.6) is 5.75 Å². The number of thiocarbonyl (C=S) groups is 1. The molecule has 2 aromatic carbocycles. The standard InChI is InChI=1S/C34H42ClN3O2S2/c1-3-5-6-7-8-9-10-11-12-16-21-37-33(39)31(42-34(37)41)24-27-25-38(28-17-14-13-15-18-28)36-32(27)26-19-20-30(29(35)23-26)40-22-4-2/h13-15,17-20,23-25H,3-12,16,21-22H2,1-2H3. The van der Waals surface area contributed by atoms with Gasteiger partial charge in [0.05, 0.1) is 22.2 Å². The fraction of sp³-hybridized carbons (Fsp3) is 0.441. The Morgan fingerprint density at radius 3 is 2.29 bits per heavy atom. The van der Waals surface area contributed by atoms with Gasteiger partial charge in [0.1, 0.15) is 15.8 Å². The zero-order valence-corrected chi connectivity index (χ0v) is 27.2. The lowest BCUT2D eigenvalue weighted by atomic mass is 10.1. The molecule has 0 bridgehead atoms. The van der Waals surface area contributed by atoms with Gasteiger partial charge in [-0.05, 0) is 49.2 Å². The molecule has 0 aliphatic carbocycles. The van der Waals surface area contributed by atoms with Gasteiger partial charge in [0.2, 0.25) is 0 Å². The van der Waals surface area contributed by atoms with Gasteiger partial charge in [0.15, 0.2) is 0 Å². The first-order valence-corrected chi connectivity index (χ1v) is 16.9. The van der Waals surface area contributed by atoms with Crippen LogP contribution < -0.4 is 4.74 Å². The highest BCUT2D eigenvalue weighted by atomic mass is 35.5. The molecule has 0 N–H and O–H groups in total. The van der Waals surface area contributed by atoms with Crippen LogP contribution in [0.3, 0.4) is 0 Å². The van der Waals surface area contributed by atoms with Crippen LogP contribution >= 0.6 is 35.6 Å². The van der Waals surface area contributed by atoms with Crippen LogP contribution in [0, 0.1) is 0 Å². The minimum atomic E-state index is -0.0271. The molecule has 5 nitrogen and oxygen atoms in total. The van der Waals surface area contributed by atoms with Crippen LogP contribution in [0.2, 0.25) is 5.02 Å². The van der Waals surface area contributed by atoms with E-state index in [2.05, 4.69) is 13.8 Å². The third-order valence-electron chi connectivity index (χ3n) is 7.33. The molecule has 2 heterocycles. The Morgan fingerprint density at radius 1 is 0.929 bits per heavy atom. The van der Waals surface area contributed by atoms with Crippen LogP contribution in [0.4, 0.5) is 0 Å². The molecule has 4 rings (SSSR count). The van der Waals surface area contributed by atoms with Crippen molar-refractivity contribution in [2.75, 3.05) is 13.2 Å². The van der Waals surface area contributed by atoms with E-state index in [0.717, 1.165) is 41.8 Å². The van der Waals surface area contributed by atoms with Crippen molar-refractivity contribution in [1.82, 2.24) is 14.7 Å². The van der Waals surface area contributed by atoms with Crippen LogP contribution in [-0.4, -0.2) is 38.1 Å². The van der Waals surface area contributed by atoms with E-state index in [1.807, 2.05) is 65.5 Å². The van der Waals surface area contributed by atoms with E-state index in [-0.39, 0.29) is 5.91 Å². The van der Waals surface area contributed by atoms with Gasteiger partial charge in [-0.2, -0.15) is 5.10 Å². The molecule has 3 aromatic rings. The van der Waals surface area contributed by atoms with E-state index < -0.39 is 0 Å². The average Bonchev–Trinajstić information content (AvgIpc) is 3.54. The molecule has 1 saturated heterocycles. The molecular formula is C34H42ClN3O2S2. The Bertz CT molecular complexity index is 1360. The molecule has 1 amide bonds. The van der Waals surface area contributed by atoms with E-state index in [4.69, 9.17) is 33.7 Å². The molecule has 0 spiro atoms. The Hall–Kier alpha value is -2.61.